The number of nitrogens with one attached hydrogen (secondary N) is 4. The average Bonchev–Trinajstić information content (AvgIpc) is 4.26. The molecule has 77 heavy (non-hydrogen) atoms. The first kappa shape index (κ1) is 54.4. The Labute approximate surface area is 461 Å². The van der Waals surface area contributed by atoms with Gasteiger partial charge in [0.1, 0.15) is 16.1 Å². The van der Waals surface area contributed by atoms with Gasteiger partial charge >= 0.3 is 0 Å². The Hall–Kier alpha value is -7.41. The van der Waals surface area contributed by atoms with Crippen LogP contribution in [0.4, 0.5) is 0 Å². The molecule has 4 aromatic carbocycles. The van der Waals surface area contributed by atoms with E-state index < -0.39 is 16.1 Å². The number of aryl methyl sites for hydroxylation is 2. The van der Waals surface area contributed by atoms with Crippen molar-refractivity contribution in [3.05, 3.63) is 233 Å². The van der Waals surface area contributed by atoms with Gasteiger partial charge < -0.3 is 19.9 Å². The molecule has 4 nitrogen and oxygen atoms in total. The number of aromatic amines is 4. The summed E-state index contributed by atoms with van der Waals surface area (Å²) < 4.78 is 0. The van der Waals surface area contributed by atoms with Gasteiger partial charge in [-0.2, -0.15) is 0 Å². The maximum absolute atomic E-state index is 6.15. The lowest BCUT2D eigenvalue weighted by molar-refractivity contribution is 0.838. The molecule has 0 saturated heterocycles. The summed E-state index contributed by atoms with van der Waals surface area (Å²) in [7, 11) is -3.83. The van der Waals surface area contributed by atoms with E-state index in [1.807, 2.05) is 12.1 Å². The van der Waals surface area contributed by atoms with Crippen LogP contribution in [0, 0.1) is 49.1 Å². The van der Waals surface area contributed by atoms with Crippen LogP contribution in [0.15, 0.2) is 133 Å². The molecular formula is C71H78N4Si2. The molecular weight excluding hydrogens is 965 g/mol. The smallest absolute Gasteiger partial charge is 0.146 e. The fraction of sp³-hybridized carbons (Fsp3) is 0.296. The number of aromatic nitrogens is 4. The SMILES string of the molecule is C#Cc1ccccc1Cc1cc(C)cc(C)c1C1=c2ccc([nH]2)=C(c2ccc(C#C[Si](C(C)C)(C(C)C)C(C)C)cc2)c2ccc([nH]2)C=c2ccc([nH]2)=C(c2ccc(C#C[Si](C(C)C)(C(C)C)C(C)C)cc2)c2ccc1[nH]2. The van der Waals surface area contributed by atoms with E-state index in [1.54, 1.807) is 0 Å². The highest BCUT2D eigenvalue weighted by molar-refractivity contribution is 6.91. The van der Waals surface area contributed by atoms with Crippen LogP contribution in [-0.2, 0) is 6.42 Å². The van der Waals surface area contributed by atoms with Crippen molar-refractivity contribution in [3.8, 4) is 35.3 Å². The van der Waals surface area contributed by atoms with Crippen molar-refractivity contribution in [2.45, 2.75) is 137 Å². The highest BCUT2D eigenvalue weighted by Gasteiger charge is 2.42. The van der Waals surface area contributed by atoms with Gasteiger partial charge in [0.15, 0.2) is 0 Å². The minimum Gasteiger partial charge on any atom is -0.355 e. The largest absolute Gasteiger partial charge is 0.355 e. The van der Waals surface area contributed by atoms with Crippen LogP contribution >= 0.6 is 0 Å². The van der Waals surface area contributed by atoms with Crippen LogP contribution in [0.2, 0.25) is 33.2 Å². The normalized spacial score (nSPS) is 12.8. The van der Waals surface area contributed by atoms with Crippen molar-refractivity contribution in [2.75, 3.05) is 0 Å². The predicted octanol–water partition coefficient (Wildman–Crippen LogP) is 14.2. The molecule has 8 bridgehead atoms. The Morgan fingerprint density at radius 2 is 0.922 bits per heavy atom. The van der Waals surface area contributed by atoms with Crippen LogP contribution in [0.5, 0.6) is 0 Å². The van der Waals surface area contributed by atoms with Crippen molar-refractivity contribution in [1.29, 1.82) is 0 Å². The highest BCUT2D eigenvalue weighted by atomic mass is 28.3. The molecule has 4 aromatic heterocycles. The standard InChI is InChI=1S/C71H78N4Si2/c1-16-55-19-17-18-20-58(55)43-59-42-51(14)41-52(15)68(59)71-66-35-33-64(74-66)69(56-25-21-53(22-26-56)37-39-76(45(2)3,46(4)5)47(6)7)62-31-29-60(72-62)44-61-30-32-63(73-61)70(65-34-36-67(71)75-65)57-27-23-54(24-28-57)38-40-77(48(8)9,49(10)11)50(12)13/h1,17-36,41-42,44-50,72-75H,43H2,2-15H3. The number of hydrogen-bond donors (Lipinski definition) is 4. The minimum atomic E-state index is -1.91. The molecule has 1 aliphatic rings. The van der Waals surface area contributed by atoms with E-state index in [4.69, 9.17) is 6.42 Å². The molecule has 9 rings (SSSR count). The van der Waals surface area contributed by atoms with Gasteiger partial charge in [0.2, 0.25) is 0 Å². The molecule has 8 aromatic rings. The monoisotopic (exact) mass is 1040 g/mol. The van der Waals surface area contributed by atoms with Gasteiger partial charge in [0, 0.05) is 77.6 Å². The Morgan fingerprint density at radius 1 is 0.455 bits per heavy atom. The van der Waals surface area contributed by atoms with Gasteiger partial charge in [-0.25, -0.2) is 0 Å². The molecule has 0 unspecified atom stereocenters. The van der Waals surface area contributed by atoms with E-state index in [2.05, 4.69) is 273 Å². The van der Waals surface area contributed by atoms with E-state index in [1.165, 1.54) is 22.3 Å². The number of terminal acetylenes is 1. The first-order valence-corrected chi connectivity index (χ1v) is 32.5. The van der Waals surface area contributed by atoms with Crippen molar-refractivity contribution in [1.82, 2.24) is 19.9 Å². The lowest BCUT2D eigenvalue weighted by Gasteiger charge is -2.38. The van der Waals surface area contributed by atoms with E-state index in [9.17, 15) is 0 Å². The van der Waals surface area contributed by atoms with Crippen molar-refractivity contribution >= 4 is 38.9 Å². The van der Waals surface area contributed by atoms with E-state index in [-0.39, 0.29) is 0 Å². The summed E-state index contributed by atoms with van der Waals surface area (Å²) in [5.74, 6) is 10.4. The average molecular weight is 1040 g/mol. The number of fused-ring (bicyclic) bond motifs is 8. The van der Waals surface area contributed by atoms with Crippen LogP contribution in [0.3, 0.4) is 0 Å². The Morgan fingerprint density at radius 3 is 1.45 bits per heavy atom. The third kappa shape index (κ3) is 10.6. The van der Waals surface area contributed by atoms with Crippen LogP contribution in [0.25, 0.3) is 22.8 Å². The van der Waals surface area contributed by atoms with Crippen LogP contribution in [-0.4, -0.2) is 36.1 Å². The molecule has 0 spiro atoms. The van der Waals surface area contributed by atoms with Crippen molar-refractivity contribution in [2.24, 2.45) is 0 Å². The fourth-order valence-corrected chi connectivity index (χ4v) is 23.8. The lowest BCUT2D eigenvalue weighted by atomic mass is 9.87. The van der Waals surface area contributed by atoms with E-state index in [0.717, 1.165) is 94.3 Å². The minimum absolute atomic E-state index is 0.564. The molecule has 390 valence electrons. The van der Waals surface area contributed by atoms with Gasteiger partial charge in [0.05, 0.1) is 0 Å². The lowest BCUT2D eigenvalue weighted by Crippen LogP contribution is -2.43. The molecule has 0 fully saturated rings. The quantitative estimate of drug-likeness (QED) is 0.0737. The summed E-state index contributed by atoms with van der Waals surface area (Å²) in [6, 6.07) is 48.5. The molecule has 0 radical (unpaired) electrons. The van der Waals surface area contributed by atoms with Crippen LogP contribution in [0.1, 0.15) is 161 Å². The molecule has 1 aliphatic heterocycles. The molecule has 0 saturated carbocycles. The third-order valence-electron chi connectivity index (χ3n) is 17.0. The molecule has 0 amide bonds. The van der Waals surface area contributed by atoms with Gasteiger partial charge in [0.25, 0.3) is 0 Å². The third-order valence-corrected chi connectivity index (χ3v) is 29.6. The van der Waals surface area contributed by atoms with Gasteiger partial charge in [-0.1, -0.05) is 161 Å². The Bertz CT molecular complexity index is 3860. The van der Waals surface area contributed by atoms with E-state index >= 15 is 0 Å². The summed E-state index contributed by atoms with van der Waals surface area (Å²) in [6.07, 6.45) is 9.03. The number of H-pyrrole nitrogens is 4. The first-order chi connectivity index (χ1) is 36.8. The van der Waals surface area contributed by atoms with Crippen molar-refractivity contribution in [3.63, 3.8) is 0 Å². The molecule has 6 heteroatoms. The van der Waals surface area contributed by atoms with Gasteiger partial charge in [-0.3, -0.25) is 0 Å². The van der Waals surface area contributed by atoms with Crippen LogP contribution < -0.4 is 21.4 Å². The summed E-state index contributed by atoms with van der Waals surface area (Å²) in [6.45, 7) is 32.9. The van der Waals surface area contributed by atoms with Gasteiger partial charge in [-0.05, 0) is 172 Å². The predicted molar refractivity (Wildman–Crippen MR) is 332 cm³/mol. The van der Waals surface area contributed by atoms with Crippen molar-refractivity contribution < 1.29 is 0 Å². The first-order valence-electron chi connectivity index (χ1n) is 28.0. The summed E-state index contributed by atoms with van der Waals surface area (Å²) >= 11 is 0. The topological polar surface area (TPSA) is 63.2 Å². The second-order valence-electron chi connectivity index (χ2n) is 23.5. The Kier molecular flexibility index (Phi) is 15.7. The highest BCUT2D eigenvalue weighted by Crippen LogP contribution is 2.42. The second-order valence-corrected chi connectivity index (χ2v) is 34.7. The number of benzene rings is 4. The summed E-state index contributed by atoms with van der Waals surface area (Å²) in [5, 5.41) is 4.02. The molecule has 5 heterocycles. The fourth-order valence-electron chi connectivity index (χ4n) is 13.4. The maximum atomic E-state index is 6.15. The molecule has 0 atom stereocenters. The van der Waals surface area contributed by atoms with Gasteiger partial charge in [-0.15, -0.1) is 17.5 Å². The summed E-state index contributed by atoms with van der Waals surface area (Å²) in [5.41, 5.74) is 29.6. The maximum Gasteiger partial charge on any atom is 0.146 e. The second kappa shape index (κ2) is 22.3. The zero-order chi connectivity index (χ0) is 54.9. The zero-order valence-electron chi connectivity index (χ0n) is 48.0. The molecule has 4 N–H and O–H groups in total. The molecule has 0 aliphatic carbocycles. The number of hydrogen-bond acceptors (Lipinski definition) is 0. The Balaban J connectivity index is 1.28. The summed E-state index contributed by atoms with van der Waals surface area (Å²) in [4.78, 5) is 15.7. The number of rotatable bonds is 11. The zero-order valence-corrected chi connectivity index (χ0v) is 50.0. The van der Waals surface area contributed by atoms with E-state index in [0.29, 0.717) is 39.7 Å².